The van der Waals surface area contributed by atoms with Crippen LogP contribution in [0.15, 0.2) is 16.6 Å². The Morgan fingerprint density at radius 1 is 1.50 bits per heavy atom. The summed E-state index contributed by atoms with van der Waals surface area (Å²) in [6.07, 6.45) is 2.46. The lowest BCUT2D eigenvalue weighted by Gasteiger charge is -2.32. The molecule has 0 N–H and O–H groups in total. The van der Waals surface area contributed by atoms with Crippen LogP contribution in [0, 0.1) is 5.82 Å². The normalized spacial score (nSPS) is 24.0. The lowest BCUT2D eigenvalue weighted by molar-refractivity contribution is -0.0428. The van der Waals surface area contributed by atoms with Crippen molar-refractivity contribution in [2.24, 2.45) is 0 Å². The first-order valence-corrected chi connectivity index (χ1v) is 6.95. The van der Waals surface area contributed by atoms with Gasteiger partial charge in [0.1, 0.15) is 5.60 Å². The average Bonchev–Trinajstić information content (AvgIpc) is 2.36. The molecule has 5 heteroatoms. The molecule has 0 aliphatic carbocycles. The third-order valence-electron chi connectivity index (χ3n) is 3.23. The summed E-state index contributed by atoms with van der Waals surface area (Å²) in [5.41, 5.74) is -0.941. The molecule has 1 heterocycles. The highest BCUT2D eigenvalue weighted by atomic mass is 79.9. The zero-order valence-electron chi connectivity index (χ0n) is 9.93. The van der Waals surface area contributed by atoms with Crippen LogP contribution in [-0.2, 0) is 4.74 Å². The van der Waals surface area contributed by atoms with Gasteiger partial charge in [0.05, 0.1) is 10.6 Å². The molecule has 0 aromatic heterocycles. The zero-order chi connectivity index (χ0) is 13.3. The summed E-state index contributed by atoms with van der Waals surface area (Å²) in [5, 5.41) is -0.0692. The van der Waals surface area contributed by atoms with E-state index in [0.29, 0.717) is 17.5 Å². The highest BCUT2D eigenvalue weighted by Crippen LogP contribution is 2.33. The number of ketones is 1. The molecule has 1 saturated heterocycles. The van der Waals surface area contributed by atoms with Gasteiger partial charge in [-0.05, 0) is 54.2 Å². The van der Waals surface area contributed by atoms with E-state index >= 15 is 0 Å². The van der Waals surface area contributed by atoms with E-state index in [1.165, 1.54) is 6.07 Å². The van der Waals surface area contributed by atoms with Crippen molar-refractivity contribution in [2.75, 3.05) is 6.61 Å². The van der Waals surface area contributed by atoms with Gasteiger partial charge in [-0.2, -0.15) is 0 Å². The lowest BCUT2D eigenvalue weighted by atomic mass is 9.87. The maximum absolute atomic E-state index is 14.0. The summed E-state index contributed by atoms with van der Waals surface area (Å²) in [7, 11) is 0. The molecule has 2 nitrogen and oxygen atoms in total. The van der Waals surface area contributed by atoms with Gasteiger partial charge in [-0.3, -0.25) is 4.79 Å². The molecule has 0 bridgehead atoms. The quantitative estimate of drug-likeness (QED) is 0.592. The first-order valence-electron chi connectivity index (χ1n) is 5.78. The summed E-state index contributed by atoms with van der Waals surface area (Å²) < 4.78 is 20.0. The highest BCUT2D eigenvalue weighted by molar-refractivity contribution is 9.10. The molecule has 1 aliphatic heterocycles. The number of Topliss-reactive ketones (excluding diaryl/α,β-unsaturated/α-hetero) is 1. The van der Waals surface area contributed by atoms with Crippen molar-refractivity contribution < 1.29 is 13.9 Å². The molecular formula is C13H13BrClFO2. The zero-order valence-corrected chi connectivity index (χ0v) is 12.3. The fourth-order valence-corrected chi connectivity index (χ4v) is 2.57. The second kappa shape index (κ2) is 5.27. The van der Waals surface area contributed by atoms with Gasteiger partial charge in [-0.1, -0.05) is 11.6 Å². The Morgan fingerprint density at radius 2 is 2.22 bits per heavy atom. The number of carbonyl (C=O) groups is 1. The van der Waals surface area contributed by atoms with Crippen LogP contribution in [0.5, 0.6) is 0 Å². The maximum Gasteiger partial charge on any atom is 0.197 e. The number of rotatable bonds is 2. The van der Waals surface area contributed by atoms with Crippen LogP contribution in [-0.4, -0.2) is 18.0 Å². The van der Waals surface area contributed by atoms with Crippen LogP contribution in [0.1, 0.15) is 36.5 Å². The van der Waals surface area contributed by atoms with Crippen LogP contribution in [0.2, 0.25) is 5.02 Å². The molecule has 1 fully saturated rings. The molecule has 1 unspecified atom stereocenters. The summed E-state index contributed by atoms with van der Waals surface area (Å²) in [4.78, 5) is 12.4. The number of ether oxygens (including phenoxy) is 1. The van der Waals surface area contributed by atoms with Crippen molar-refractivity contribution in [1.82, 2.24) is 0 Å². The van der Waals surface area contributed by atoms with Crippen molar-refractivity contribution in [1.29, 1.82) is 0 Å². The van der Waals surface area contributed by atoms with E-state index < -0.39 is 11.4 Å². The van der Waals surface area contributed by atoms with E-state index in [9.17, 15) is 9.18 Å². The van der Waals surface area contributed by atoms with Gasteiger partial charge in [0.2, 0.25) is 0 Å². The van der Waals surface area contributed by atoms with E-state index in [-0.39, 0.29) is 16.4 Å². The third kappa shape index (κ3) is 2.46. The van der Waals surface area contributed by atoms with Crippen molar-refractivity contribution in [3.05, 3.63) is 33.0 Å². The Labute approximate surface area is 119 Å². The van der Waals surface area contributed by atoms with Crippen LogP contribution >= 0.6 is 27.5 Å². The first kappa shape index (κ1) is 14.0. The van der Waals surface area contributed by atoms with Crippen LogP contribution in [0.3, 0.4) is 0 Å². The Hall–Kier alpha value is -0.450. The Bertz CT molecular complexity index is 484. The van der Waals surface area contributed by atoms with Crippen LogP contribution in [0.25, 0.3) is 0 Å². The molecule has 0 spiro atoms. The minimum atomic E-state index is -0.934. The molecule has 1 aromatic rings. The maximum atomic E-state index is 14.0. The number of hydrogen-bond donors (Lipinski definition) is 0. The van der Waals surface area contributed by atoms with Gasteiger partial charge in [0.25, 0.3) is 0 Å². The highest BCUT2D eigenvalue weighted by Gasteiger charge is 2.38. The molecule has 0 saturated carbocycles. The fraction of sp³-hybridized carbons (Fsp3) is 0.462. The summed E-state index contributed by atoms with van der Waals surface area (Å²) in [5.74, 6) is -1.03. The number of halogens is 3. The summed E-state index contributed by atoms with van der Waals surface area (Å²) in [6, 6.07) is 3.02. The molecule has 0 radical (unpaired) electrons. The van der Waals surface area contributed by atoms with Gasteiger partial charge in [-0.15, -0.1) is 0 Å². The fourth-order valence-electron chi connectivity index (χ4n) is 2.10. The SMILES string of the molecule is CC1(C(=O)c2ccc(Br)c(Cl)c2F)CCCCO1. The van der Waals surface area contributed by atoms with Crippen LogP contribution in [0.4, 0.5) is 4.39 Å². The van der Waals surface area contributed by atoms with Gasteiger partial charge >= 0.3 is 0 Å². The molecule has 2 rings (SSSR count). The van der Waals surface area contributed by atoms with Crippen molar-refractivity contribution in [2.45, 2.75) is 31.8 Å². The molecular weight excluding hydrogens is 322 g/mol. The molecule has 98 valence electrons. The largest absolute Gasteiger partial charge is 0.367 e. The smallest absolute Gasteiger partial charge is 0.197 e. The Morgan fingerprint density at radius 3 is 2.83 bits per heavy atom. The number of hydrogen-bond acceptors (Lipinski definition) is 2. The second-order valence-corrected chi connectivity index (χ2v) is 5.82. The molecule has 0 amide bonds. The Kier molecular flexibility index (Phi) is 4.09. The monoisotopic (exact) mass is 334 g/mol. The predicted molar refractivity (Wildman–Crippen MR) is 71.6 cm³/mol. The van der Waals surface area contributed by atoms with Crippen molar-refractivity contribution >= 4 is 33.3 Å². The predicted octanol–water partition coefficient (Wildman–Crippen LogP) is 4.38. The minimum absolute atomic E-state index is 0.00685. The van der Waals surface area contributed by atoms with Gasteiger partial charge < -0.3 is 4.74 Å². The first-order chi connectivity index (χ1) is 8.46. The Balaban J connectivity index is 2.37. The van der Waals surface area contributed by atoms with E-state index in [1.807, 2.05) is 0 Å². The molecule has 1 aliphatic rings. The second-order valence-electron chi connectivity index (χ2n) is 4.59. The van der Waals surface area contributed by atoms with Gasteiger partial charge in [0.15, 0.2) is 11.6 Å². The van der Waals surface area contributed by atoms with E-state index in [4.69, 9.17) is 16.3 Å². The summed E-state index contributed by atoms with van der Waals surface area (Å²) in [6.45, 7) is 2.25. The lowest BCUT2D eigenvalue weighted by Crippen LogP contribution is -2.41. The number of carbonyl (C=O) groups excluding carboxylic acids is 1. The van der Waals surface area contributed by atoms with Gasteiger partial charge in [-0.25, -0.2) is 4.39 Å². The third-order valence-corrected chi connectivity index (χ3v) is 4.49. The van der Waals surface area contributed by atoms with Crippen molar-refractivity contribution in [3.8, 4) is 0 Å². The standard InChI is InChI=1S/C13H13BrClFO2/c1-13(6-2-3-7-18-13)12(17)8-4-5-9(14)10(15)11(8)16/h4-5H,2-3,6-7H2,1H3. The average molecular weight is 336 g/mol. The molecule has 1 atom stereocenters. The van der Waals surface area contributed by atoms with Crippen molar-refractivity contribution in [3.63, 3.8) is 0 Å². The topological polar surface area (TPSA) is 26.3 Å². The molecule has 18 heavy (non-hydrogen) atoms. The minimum Gasteiger partial charge on any atom is -0.367 e. The van der Waals surface area contributed by atoms with Gasteiger partial charge in [0, 0.05) is 11.1 Å². The summed E-state index contributed by atoms with van der Waals surface area (Å²) >= 11 is 8.92. The van der Waals surface area contributed by atoms with E-state index in [0.717, 1.165) is 12.8 Å². The number of benzene rings is 1. The van der Waals surface area contributed by atoms with Crippen LogP contribution < -0.4 is 0 Å². The molecule has 1 aromatic carbocycles. The van der Waals surface area contributed by atoms with E-state index in [2.05, 4.69) is 15.9 Å². The van der Waals surface area contributed by atoms with E-state index in [1.54, 1.807) is 13.0 Å².